The van der Waals surface area contributed by atoms with Crippen LogP contribution in [0.15, 0.2) is 4.99 Å². The van der Waals surface area contributed by atoms with Crippen molar-refractivity contribution in [2.24, 2.45) is 10.7 Å². The first-order valence-corrected chi connectivity index (χ1v) is 6.24. The zero-order valence-corrected chi connectivity index (χ0v) is 14.8. The monoisotopic (exact) mass is 386 g/mol. The maximum atomic E-state index is 11.3. The molecule has 7 heteroatoms. The number of hydrogen-bond acceptors (Lipinski definition) is 3. The molecule has 0 aromatic heterocycles. The number of nitrogens with one attached hydrogen (secondary N) is 2. The number of nitrogens with zero attached hydrogens (tertiary/aromatic N) is 1. The molecule has 6 nitrogen and oxygen atoms in total. The van der Waals surface area contributed by atoms with Gasteiger partial charge in [-0.15, -0.1) is 24.0 Å². The Morgan fingerprint density at radius 2 is 1.95 bits per heavy atom. The molecule has 0 rings (SSSR count). The molecule has 0 saturated carbocycles. The Balaban J connectivity index is 0. The van der Waals surface area contributed by atoms with E-state index in [0.717, 1.165) is 6.42 Å². The van der Waals surface area contributed by atoms with Crippen LogP contribution in [-0.2, 0) is 4.74 Å². The van der Waals surface area contributed by atoms with Crippen molar-refractivity contribution in [1.29, 1.82) is 0 Å². The van der Waals surface area contributed by atoms with Crippen LogP contribution in [0.3, 0.4) is 0 Å². The second kappa shape index (κ2) is 10.1. The maximum Gasteiger partial charge on any atom is 0.407 e. The lowest BCUT2D eigenvalue weighted by molar-refractivity contribution is 0.0527. The van der Waals surface area contributed by atoms with E-state index in [-0.39, 0.29) is 30.0 Å². The number of amides is 1. The van der Waals surface area contributed by atoms with Gasteiger partial charge in [-0.2, -0.15) is 0 Å². The van der Waals surface area contributed by atoms with E-state index < -0.39 is 11.7 Å². The van der Waals surface area contributed by atoms with Crippen molar-refractivity contribution < 1.29 is 9.53 Å². The molecule has 0 aromatic carbocycles. The highest BCUT2D eigenvalue weighted by molar-refractivity contribution is 14.0. The minimum Gasteiger partial charge on any atom is -0.444 e. The molecule has 0 atom stereocenters. The Kier molecular flexibility index (Phi) is 10.9. The number of halogens is 1. The number of carbonyl (C=O) groups is 1. The summed E-state index contributed by atoms with van der Waals surface area (Å²) >= 11 is 0. The van der Waals surface area contributed by atoms with Gasteiger partial charge in [0.1, 0.15) is 5.60 Å². The lowest BCUT2D eigenvalue weighted by atomic mass is 10.2. The molecular weight excluding hydrogens is 359 g/mol. The summed E-state index contributed by atoms with van der Waals surface area (Å²) in [7, 11) is 0. The van der Waals surface area contributed by atoms with E-state index in [1.54, 1.807) is 0 Å². The van der Waals surface area contributed by atoms with Gasteiger partial charge in [-0.3, -0.25) is 4.99 Å². The van der Waals surface area contributed by atoms with Crippen molar-refractivity contribution in [3.05, 3.63) is 0 Å². The van der Waals surface area contributed by atoms with Crippen molar-refractivity contribution in [3.8, 4) is 0 Å². The van der Waals surface area contributed by atoms with Crippen molar-refractivity contribution in [1.82, 2.24) is 10.6 Å². The Bertz CT molecular complexity index is 288. The van der Waals surface area contributed by atoms with Crippen LogP contribution in [0.25, 0.3) is 0 Å². The normalized spacial score (nSPS) is 11.8. The SMILES string of the molecule is CC(C)NC(N)=NCCCNC(=O)OC(C)(C)C.I. The molecule has 0 radical (unpaired) electrons. The van der Waals surface area contributed by atoms with E-state index in [4.69, 9.17) is 10.5 Å². The van der Waals surface area contributed by atoms with Crippen molar-refractivity contribution in [2.45, 2.75) is 52.7 Å². The Morgan fingerprint density at radius 1 is 1.37 bits per heavy atom. The topological polar surface area (TPSA) is 88.7 Å². The third-order valence-corrected chi connectivity index (χ3v) is 1.72. The highest BCUT2D eigenvalue weighted by atomic mass is 127. The highest BCUT2D eigenvalue weighted by Gasteiger charge is 2.15. The van der Waals surface area contributed by atoms with Gasteiger partial charge in [0.2, 0.25) is 0 Å². The number of nitrogens with two attached hydrogens (primary N) is 1. The summed E-state index contributed by atoms with van der Waals surface area (Å²) in [4.78, 5) is 15.4. The van der Waals surface area contributed by atoms with Crippen LogP contribution in [0.2, 0.25) is 0 Å². The van der Waals surface area contributed by atoms with E-state index >= 15 is 0 Å². The molecule has 1 amide bonds. The predicted molar refractivity (Wildman–Crippen MR) is 89.0 cm³/mol. The molecule has 0 unspecified atom stereocenters. The Morgan fingerprint density at radius 3 is 2.42 bits per heavy atom. The number of carbonyl (C=O) groups excluding carboxylic acids is 1. The fourth-order valence-corrected chi connectivity index (χ4v) is 1.12. The molecule has 19 heavy (non-hydrogen) atoms. The van der Waals surface area contributed by atoms with E-state index in [1.165, 1.54) is 0 Å². The van der Waals surface area contributed by atoms with Crippen molar-refractivity contribution in [3.63, 3.8) is 0 Å². The number of hydrogen-bond donors (Lipinski definition) is 3. The van der Waals surface area contributed by atoms with Gasteiger partial charge >= 0.3 is 6.09 Å². The molecule has 0 spiro atoms. The summed E-state index contributed by atoms with van der Waals surface area (Å²) in [6, 6.07) is 0.272. The van der Waals surface area contributed by atoms with Crippen LogP contribution >= 0.6 is 24.0 Å². The van der Waals surface area contributed by atoms with Crippen LogP contribution in [0.4, 0.5) is 4.79 Å². The van der Waals surface area contributed by atoms with E-state index in [2.05, 4.69) is 15.6 Å². The van der Waals surface area contributed by atoms with Gasteiger partial charge in [0.05, 0.1) is 0 Å². The van der Waals surface area contributed by atoms with Crippen LogP contribution in [0.5, 0.6) is 0 Å². The molecule has 114 valence electrons. The summed E-state index contributed by atoms with van der Waals surface area (Å²) in [5.41, 5.74) is 5.16. The first kappa shape index (κ1) is 20.6. The second-order valence-electron chi connectivity index (χ2n) is 5.35. The third kappa shape index (κ3) is 15.2. The largest absolute Gasteiger partial charge is 0.444 e. The summed E-state index contributed by atoms with van der Waals surface area (Å²) in [5.74, 6) is 0.433. The van der Waals surface area contributed by atoms with Gasteiger partial charge in [-0.05, 0) is 41.0 Å². The molecular formula is C12H27IN4O2. The van der Waals surface area contributed by atoms with Gasteiger partial charge in [0.25, 0.3) is 0 Å². The summed E-state index contributed by atoms with van der Waals surface area (Å²) in [6.07, 6.45) is 0.319. The fourth-order valence-electron chi connectivity index (χ4n) is 1.12. The Hall–Kier alpha value is -0.730. The highest BCUT2D eigenvalue weighted by Crippen LogP contribution is 2.06. The van der Waals surface area contributed by atoms with Gasteiger partial charge in [-0.1, -0.05) is 0 Å². The summed E-state index contributed by atoms with van der Waals surface area (Å²) in [5, 5.41) is 5.65. The molecule has 0 aliphatic carbocycles. The van der Waals surface area contributed by atoms with E-state index in [0.29, 0.717) is 19.0 Å². The van der Waals surface area contributed by atoms with Gasteiger partial charge in [0, 0.05) is 19.1 Å². The first-order chi connectivity index (χ1) is 8.20. The predicted octanol–water partition coefficient (Wildman–Crippen LogP) is 1.83. The lowest BCUT2D eigenvalue weighted by Gasteiger charge is -2.19. The molecule has 0 fully saturated rings. The minimum absolute atomic E-state index is 0. The number of alkyl carbamates (subject to hydrolysis) is 1. The average molecular weight is 386 g/mol. The first-order valence-electron chi connectivity index (χ1n) is 6.24. The summed E-state index contributed by atoms with van der Waals surface area (Å²) < 4.78 is 5.10. The second-order valence-corrected chi connectivity index (χ2v) is 5.35. The number of rotatable bonds is 5. The molecule has 0 heterocycles. The van der Waals surface area contributed by atoms with Gasteiger partial charge in [-0.25, -0.2) is 4.79 Å². The molecule has 0 bridgehead atoms. The Labute approximate surface area is 133 Å². The molecule has 4 N–H and O–H groups in total. The standard InChI is InChI=1S/C12H26N4O2.HI/c1-9(2)16-10(13)14-7-6-8-15-11(17)18-12(3,4)5;/h9H,6-8H2,1-5H3,(H,15,17)(H3,13,14,16);1H. The third-order valence-electron chi connectivity index (χ3n) is 1.72. The number of guanidine groups is 1. The van der Waals surface area contributed by atoms with Crippen LogP contribution in [0, 0.1) is 0 Å². The number of aliphatic imine (C=N–C) groups is 1. The minimum atomic E-state index is -0.464. The van der Waals surface area contributed by atoms with E-state index in [1.807, 2.05) is 34.6 Å². The maximum absolute atomic E-state index is 11.3. The van der Waals surface area contributed by atoms with Crippen LogP contribution in [-0.4, -0.2) is 36.8 Å². The van der Waals surface area contributed by atoms with Crippen LogP contribution in [0.1, 0.15) is 41.0 Å². The molecule has 0 aromatic rings. The molecule has 0 aliphatic rings. The summed E-state index contributed by atoms with van der Waals surface area (Å²) in [6.45, 7) is 10.6. The van der Waals surface area contributed by atoms with Crippen LogP contribution < -0.4 is 16.4 Å². The van der Waals surface area contributed by atoms with Gasteiger partial charge in [0.15, 0.2) is 5.96 Å². The number of ether oxygens (including phenoxy) is 1. The quantitative estimate of drug-likeness (QED) is 0.291. The van der Waals surface area contributed by atoms with E-state index in [9.17, 15) is 4.79 Å². The lowest BCUT2D eigenvalue weighted by Crippen LogP contribution is -2.37. The smallest absolute Gasteiger partial charge is 0.407 e. The zero-order chi connectivity index (χ0) is 14.2. The van der Waals surface area contributed by atoms with Gasteiger partial charge < -0.3 is 21.1 Å². The molecule has 0 aliphatic heterocycles. The molecule has 0 saturated heterocycles. The average Bonchev–Trinajstić information content (AvgIpc) is 2.12. The zero-order valence-electron chi connectivity index (χ0n) is 12.4. The van der Waals surface area contributed by atoms with Crippen molar-refractivity contribution in [2.75, 3.05) is 13.1 Å². The fraction of sp³-hybridized carbons (Fsp3) is 0.833. The van der Waals surface area contributed by atoms with Crippen molar-refractivity contribution >= 4 is 36.0 Å².